The van der Waals surface area contributed by atoms with E-state index < -0.39 is 32.6 Å². The van der Waals surface area contributed by atoms with Crippen LogP contribution < -0.4 is 20.5 Å². The SMILES string of the molecule is CC[C@]1(N2CC(S(C)(=O)=O)C2)CC[C@H](Nc2cccc3c2cc(C#CCNc2ccc(S(N)(=O)=O)cc2OC)n3CC(F)(F)F)CC1. The maximum absolute atomic E-state index is 13.7. The van der Waals surface area contributed by atoms with Crippen LogP contribution in [0.5, 0.6) is 5.75 Å². The van der Waals surface area contributed by atoms with Crippen LogP contribution in [0.3, 0.4) is 0 Å². The number of nitrogens with two attached hydrogens (primary N) is 1. The Morgan fingerprint density at radius 2 is 1.77 bits per heavy atom. The molecule has 5 rings (SSSR count). The van der Waals surface area contributed by atoms with Crippen molar-refractivity contribution in [2.24, 2.45) is 5.14 Å². The second-order valence-electron chi connectivity index (χ2n) is 12.4. The van der Waals surface area contributed by atoms with Crippen LogP contribution in [0.15, 0.2) is 47.4 Å². The number of anilines is 2. The van der Waals surface area contributed by atoms with Crippen molar-refractivity contribution in [1.29, 1.82) is 0 Å². The predicted octanol–water partition coefficient (Wildman–Crippen LogP) is 4.56. The summed E-state index contributed by atoms with van der Waals surface area (Å²) in [6.45, 7) is 2.12. The van der Waals surface area contributed by atoms with Gasteiger partial charge in [-0.25, -0.2) is 22.0 Å². The molecule has 1 saturated carbocycles. The lowest BCUT2D eigenvalue weighted by Crippen LogP contribution is -2.65. The van der Waals surface area contributed by atoms with Crippen molar-refractivity contribution in [3.05, 3.63) is 48.2 Å². The number of sulfone groups is 1. The van der Waals surface area contributed by atoms with E-state index in [9.17, 15) is 30.0 Å². The van der Waals surface area contributed by atoms with Gasteiger partial charge in [0, 0.05) is 48.1 Å². The summed E-state index contributed by atoms with van der Waals surface area (Å²) >= 11 is 0. The number of aromatic nitrogens is 1. The van der Waals surface area contributed by atoms with Crippen LogP contribution in [-0.2, 0) is 26.4 Å². The summed E-state index contributed by atoms with van der Waals surface area (Å²) < 4.78 is 94.8. The van der Waals surface area contributed by atoms with E-state index in [4.69, 9.17) is 9.88 Å². The van der Waals surface area contributed by atoms with Gasteiger partial charge in [0.15, 0.2) is 9.84 Å². The molecule has 256 valence electrons. The summed E-state index contributed by atoms with van der Waals surface area (Å²) in [5.74, 6) is 5.97. The number of methoxy groups -OCH3 is 1. The Bertz CT molecular complexity index is 1900. The molecule has 15 heteroatoms. The van der Waals surface area contributed by atoms with Crippen molar-refractivity contribution < 1.29 is 34.7 Å². The van der Waals surface area contributed by atoms with Crippen molar-refractivity contribution in [1.82, 2.24) is 9.47 Å². The summed E-state index contributed by atoms with van der Waals surface area (Å²) in [5, 5.41) is 12.1. The first-order valence-electron chi connectivity index (χ1n) is 15.4. The standard InChI is InChI=1S/C32H40F3N5O5S2/c1-4-31(39-19-25(20-39)46(3,41)42)14-12-22(13-15-31)38-27-8-5-9-29-26(27)17-23(40(29)21-32(33,34)35)7-6-16-37-28-11-10-24(47(36,43)44)18-30(28)45-2/h5,8-11,17-18,22,25,37-38H,4,12-16,19-21H2,1-3H3,(H2,36,43,44)/t22-,31-. The number of primary sulfonamides is 1. The van der Waals surface area contributed by atoms with Gasteiger partial charge in [-0.15, -0.1) is 0 Å². The first-order chi connectivity index (χ1) is 22.0. The van der Waals surface area contributed by atoms with Crippen molar-refractivity contribution in [3.8, 4) is 17.6 Å². The highest BCUT2D eigenvalue weighted by Gasteiger charge is 2.47. The fourth-order valence-corrected chi connectivity index (χ4v) is 8.07. The molecule has 1 aromatic heterocycles. The van der Waals surface area contributed by atoms with Crippen LogP contribution in [0, 0.1) is 11.8 Å². The molecule has 2 heterocycles. The highest BCUT2D eigenvalue weighted by molar-refractivity contribution is 7.91. The van der Waals surface area contributed by atoms with Gasteiger partial charge in [-0.1, -0.05) is 18.9 Å². The number of benzene rings is 2. The molecule has 0 atom stereocenters. The number of nitrogens with zero attached hydrogens (tertiary/aromatic N) is 2. The Kier molecular flexibility index (Phi) is 9.81. The van der Waals surface area contributed by atoms with E-state index in [1.54, 1.807) is 18.2 Å². The van der Waals surface area contributed by atoms with Gasteiger partial charge >= 0.3 is 6.18 Å². The molecule has 4 N–H and O–H groups in total. The maximum Gasteiger partial charge on any atom is 0.406 e. The second kappa shape index (κ2) is 13.2. The largest absolute Gasteiger partial charge is 0.495 e. The second-order valence-corrected chi connectivity index (χ2v) is 16.3. The number of alkyl halides is 3. The molecule has 0 unspecified atom stereocenters. The topological polar surface area (TPSA) is 136 Å². The Hall–Kier alpha value is -3.45. The number of ether oxygens (including phenoxy) is 1. The van der Waals surface area contributed by atoms with Crippen LogP contribution in [-0.4, -0.2) is 82.3 Å². The van der Waals surface area contributed by atoms with Crippen molar-refractivity contribution in [3.63, 3.8) is 0 Å². The van der Waals surface area contributed by atoms with Crippen LogP contribution in [0.25, 0.3) is 10.9 Å². The van der Waals surface area contributed by atoms with Crippen LogP contribution in [0.2, 0.25) is 0 Å². The number of likely N-dealkylation sites (tertiary alicyclic amines) is 1. The lowest BCUT2D eigenvalue weighted by Gasteiger charge is -2.54. The molecule has 0 bridgehead atoms. The third kappa shape index (κ3) is 7.83. The van der Waals surface area contributed by atoms with Gasteiger partial charge in [0.05, 0.1) is 40.7 Å². The molecular formula is C32H40F3N5O5S2. The van der Waals surface area contributed by atoms with Crippen LogP contribution >= 0.6 is 0 Å². The number of hydrogen-bond acceptors (Lipinski definition) is 8. The number of halogens is 3. The zero-order valence-electron chi connectivity index (χ0n) is 26.5. The highest BCUT2D eigenvalue weighted by atomic mass is 32.2. The van der Waals surface area contributed by atoms with Gasteiger partial charge in [0.2, 0.25) is 10.0 Å². The van der Waals surface area contributed by atoms with Crippen molar-refractivity contribution in [2.45, 2.75) is 73.5 Å². The zero-order chi connectivity index (χ0) is 34.2. The Morgan fingerprint density at radius 3 is 2.36 bits per heavy atom. The molecule has 1 aliphatic heterocycles. The fraction of sp³-hybridized carbons (Fsp3) is 0.500. The zero-order valence-corrected chi connectivity index (χ0v) is 28.2. The van der Waals surface area contributed by atoms with E-state index in [0.29, 0.717) is 29.7 Å². The molecule has 1 aliphatic carbocycles. The minimum atomic E-state index is -4.47. The van der Waals surface area contributed by atoms with E-state index in [-0.39, 0.29) is 39.7 Å². The van der Waals surface area contributed by atoms with Crippen LogP contribution in [0.1, 0.15) is 44.7 Å². The molecule has 0 radical (unpaired) electrons. The Balaban J connectivity index is 1.32. The molecular weight excluding hydrogens is 656 g/mol. The quantitative estimate of drug-likeness (QED) is 0.263. The normalized spacial score (nSPS) is 21.1. The molecule has 0 spiro atoms. The summed E-state index contributed by atoms with van der Waals surface area (Å²) in [7, 11) is -5.61. The molecule has 1 saturated heterocycles. The average Bonchev–Trinajstić information content (AvgIpc) is 3.30. The first-order valence-corrected chi connectivity index (χ1v) is 18.9. The molecule has 10 nitrogen and oxygen atoms in total. The van der Waals surface area contributed by atoms with E-state index in [0.717, 1.165) is 37.8 Å². The number of sulfonamides is 1. The first kappa shape index (κ1) is 34.9. The minimum absolute atomic E-state index is 0.0353. The fourth-order valence-electron chi connectivity index (χ4n) is 6.64. The van der Waals surface area contributed by atoms with Crippen molar-refractivity contribution in [2.75, 3.05) is 43.6 Å². The van der Waals surface area contributed by atoms with E-state index in [1.165, 1.54) is 36.1 Å². The molecule has 3 aromatic rings. The highest BCUT2D eigenvalue weighted by Crippen LogP contribution is 2.41. The van der Waals surface area contributed by atoms with Gasteiger partial charge in [0.1, 0.15) is 12.3 Å². The Morgan fingerprint density at radius 1 is 1.06 bits per heavy atom. The van der Waals surface area contributed by atoms with Gasteiger partial charge in [-0.2, -0.15) is 13.2 Å². The average molecular weight is 696 g/mol. The molecule has 2 aromatic carbocycles. The lowest BCUT2D eigenvalue weighted by molar-refractivity contribution is -0.140. The van der Waals surface area contributed by atoms with E-state index in [1.807, 2.05) is 6.07 Å². The van der Waals surface area contributed by atoms with Gasteiger partial charge in [-0.05, 0) is 68.4 Å². The number of fused-ring (bicyclic) bond motifs is 1. The minimum Gasteiger partial charge on any atom is -0.495 e. The molecule has 2 fully saturated rings. The summed E-state index contributed by atoms with van der Waals surface area (Å²) in [6, 6.07) is 11.1. The Labute approximate surface area is 273 Å². The summed E-state index contributed by atoms with van der Waals surface area (Å²) in [5.41, 5.74) is 1.76. The third-order valence-corrected chi connectivity index (χ3v) is 11.8. The van der Waals surface area contributed by atoms with Gasteiger partial charge in [0.25, 0.3) is 0 Å². The monoisotopic (exact) mass is 695 g/mol. The lowest BCUT2D eigenvalue weighted by atomic mass is 9.75. The smallest absolute Gasteiger partial charge is 0.406 e. The molecule has 0 amide bonds. The van der Waals surface area contributed by atoms with Gasteiger partial charge in [-0.3, -0.25) is 4.90 Å². The van der Waals surface area contributed by atoms with Crippen molar-refractivity contribution >= 4 is 42.1 Å². The third-order valence-electron chi connectivity index (χ3n) is 9.43. The summed E-state index contributed by atoms with van der Waals surface area (Å²) in [4.78, 5) is 2.19. The maximum atomic E-state index is 13.7. The van der Waals surface area contributed by atoms with Gasteiger partial charge < -0.3 is 19.9 Å². The number of nitrogens with one attached hydrogen (secondary N) is 2. The van der Waals surface area contributed by atoms with E-state index >= 15 is 0 Å². The van der Waals surface area contributed by atoms with Crippen LogP contribution in [0.4, 0.5) is 24.5 Å². The van der Waals surface area contributed by atoms with E-state index in [2.05, 4.69) is 34.3 Å². The molecule has 47 heavy (non-hydrogen) atoms. The number of hydrogen-bond donors (Lipinski definition) is 3. The predicted molar refractivity (Wildman–Crippen MR) is 177 cm³/mol. The number of rotatable bonds is 10. The molecule has 2 aliphatic rings. The summed E-state index contributed by atoms with van der Waals surface area (Å²) in [6.07, 6.45) is 1.27.